The summed E-state index contributed by atoms with van der Waals surface area (Å²) in [6.07, 6.45) is 6.16. The summed E-state index contributed by atoms with van der Waals surface area (Å²) in [6, 6.07) is 8.59. The van der Waals surface area contributed by atoms with E-state index in [4.69, 9.17) is 14.2 Å². The number of hydrogen-bond acceptors (Lipinski definition) is 12. The van der Waals surface area contributed by atoms with Gasteiger partial charge in [0.2, 0.25) is 11.8 Å². The third-order valence-corrected chi connectivity index (χ3v) is 13.2. The predicted octanol–water partition coefficient (Wildman–Crippen LogP) is 2.78. The molecule has 2 aromatic rings. The van der Waals surface area contributed by atoms with E-state index in [0.717, 1.165) is 122 Å². The maximum Gasteiger partial charge on any atom is 0.317 e. The Morgan fingerprint density at radius 2 is 1.54 bits per heavy atom. The number of carbonyl (C=O) groups excluding carboxylic acids is 5. The highest BCUT2D eigenvalue weighted by Gasteiger charge is 2.45. The first kappa shape index (κ1) is 42.2. The minimum Gasteiger partial charge on any atom is -0.496 e. The van der Waals surface area contributed by atoms with Crippen molar-refractivity contribution in [3.63, 3.8) is 0 Å². The average molecular weight is 839 g/mol. The van der Waals surface area contributed by atoms with Crippen LogP contribution in [0.1, 0.15) is 63.9 Å². The summed E-state index contributed by atoms with van der Waals surface area (Å²) in [7, 11) is 7.14. The van der Waals surface area contributed by atoms with E-state index in [9.17, 15) is 24.0 Å². The average Bonchev–Trinajstić information content (AvgIpc) is 3.52. The molecule has 6 aliphatic heterocycles. The first-order chi connectivity index (χ1) is 29.5. The van der Waals surface area contributed by atoms with Gasteiger partial charge < -0.3 is 39.1 Å². The van der Waals surface area contributed by atoms with Gasteiger partial charge in [-0.3, -0.25) is 34.3 Å². The van der Waals surface area contributed by atoms with E-state index in [1.54, 1.807) is 33.4 Å². The van der Waals surface area contributed by atoms with Crippen LogP contribution in [0.5, 0.6) is 11.5 Å². The normalized spacial score (nSPS) is 23.0. The Morgan fingerprint density at radius 3 is 2.21 bits per heavy atom. The minimum absolute atomic E-state index is 0.0800. The lowest BCUT2D eigenvalue weighted by molar-refractivity contribution is -0.136. The fraction of sp³-hybridized carbons (Fsp3) is 0.533. The molecule has 3 fully saturated rings. The number of anilines is 1. The summed E-state index contributed by atoms with van der Waals surface area (Å²) in [5, 5.41) is 5.01. The molecule has 6 aliphatic rings. The maximum absolute atomic E-state index is 13.4. The zero-order valence-corrected chi connectivity index (χ0v) is 35.8. The molecular formula is C45H58N8O8. The van der Waals surface area contributed by atoms with Crippen molar-refractivity contribution in [2.75, 3.05) is 112 Å². The van der Waals surface area contributed by atoms with Crippen LogP contribution >= 0.6 is 0 Å². The molecule has 16 nitrogen and oxygen atoms in total. The van der Waals surface area contributed by atoms with Crippen molar-refractivity contribution in [2.24, 2.45) is 5.92 Å². The number of piperazine rings is 1. The zero-order chi connectivity index (χ0) is 42.8. The number of allylic oxidation sites excluding steroid dienone is 1. The van der Waals surface area contributed by atoms with Gasteiger partial charge >= 0.3 is 6.03 Å². The highest BCUT2D eigenvalue weighted by molar-refractivity contribution is 6.23. The molecule has 326 valence electrons. The second-order valence-corrected chi connectivity index (χ2v) is 16.9. The summed E-state index contributed by atoms with van der Waals surface area (Å²) in [5.74, 6) is 0.211. The fourth-order valence-electron chi connectivity index (χ4n) is 9.73. The zero-order valence-electron chi connectivity index (χ0n) is 35.8. The summed E-state index contributed by atoms with van der Waals surface area (Å²) in [4.78, 5) is 75.3. The van der Waals surface area contributed by atoms with Crippen LogP contribution in [-0.2, 0) is 20.7 Å². The van der Waals surface area contributed by atoms with Gasteiger partial charge in [-0.1, -0.05) is 0 Å². The number of rotatable bonds is 10. The number of fused-ring (bicyclic) bond motifs is 1. The van der Waals surface area contributed by atoms with E-state index < -0.39 is 23.8 Å². The number of methoxy groups -OCH3 is 2. The second kappa shape index (κ2) is 18.3. The maximum atomic E-state index is 13.4. The molecule has 6 amide bonds. The van der Waals surface area contributed by atoms with E-state index in [2.05, 4.69) is 48.6 Å². The molecular weight excluding hydrogens is 781 g/mol. The molecule has 0 bridgehead atoms. The SMILES string of the molecule is CNC(=O)N1CCC2=C(COCN(C)/C=C\2c2cc(OC)c(CC3CCN(CCN4CCN(c5ccc6c(c5)C(=O)N(C5CCC(=O)NC5=O)C6=O)CC4)CC3)c(OC)c2)C1. The second-order valence-electron chi connectivity index (χ2n) is 16.9. The van der Waals surface area contributed by atoms with Gasteiger partial charge in [0.15, 0.2) is 0 Å². The van der Waals surface area contributed by atoms with E-state index >= 15 is 0 Å². The molecule has 6 heterocycles. The number of imide groups is 2. The molecule has 2 aromatic carbocycles. The molecule has 8 rings (SSSR count). The Bertz CT molecular complexity index is 2100. The van der Waals surface area contributed by atoms with Gasteiger partial charge in [0.05, 0.1) is 32.0 Å². The van der Waals surface area contributed by atoms with Gasteiger partial charge in [-0.2, -0.15) is 0 Å². The number of urea groups is 1. The molecule has 61 heavy (non-hydrogen) atoms. The molecule has 16 heteroatoms. The Morgan fingerprint density at radius 1 is 0.852 bits per heavy atom. The number of hydrogen-bond donors (Lipinski definition) is 2. The number of amides is 6. The highest BCUT2D eigenvalue weighted by Crippen LogP contribution is 2.41. The Hall–Kier alpha value is -5.45. The number of benzene rings is 2. The highest BCUT2D eigenvalue weighted by atomic mass is 16.5. The van der Waals surface area contributed by atoms with Gasteiger partial charge in [0.1, 0.15) is 24.3 Å². The number of carbonyl (C=O) groups is 5. The van der Waals surface area contributed by atoms with E-state index in [1.807, 2.05) is 18.0 Å². The van der Waals surface area contributed by atoms with Crippen molar-refractivity contribution < 1.29 is 38.2 Å². The Labute approximate surface area is 357 Å². The number of ether oxygens (including phenoxy) is 3. The largest absolute Gasteiger partial charge is 0.496 e. The topological polar surface area (TPSA) is 157 Å². The first-order valence-electron chi connectivity index (χ1n) is 21.5. The third kappa shape index (κ3) is 8.84. The van der Waals surface area contributed by atoms with Gasteiger partial charge in [-0.05, 0) is 98.2 Å². The molecule has 0 aliphatic carbocycles. The third-order valence-electron chi connectivity index (χ3n) is 13.2. The van der Waals surface area contributed by atoms with Crippen molar-refractivity contribution in [3.05, 3.63) is 69.9 Å². The molecule has 1 unspecified atom stereocenters. The summed E-state index contributed by atoms with van der Waals surface area (Å²) in [5.41, 5.74) is 7.05. The molecule has 0 spiro atoms. The van der Waals surface area contributed by atoms with Crippen LogP contribution in [0, 0.1) is 5.92 Å². The van der Waals surface area contributed by atoms with Crippen molar-refractivity contribution in [1.29, 1.82) is 0 Å². The van der Waals surface area contributed by atoms with Gasteiger partial charge in [-0.25, -0.2) is 4.79 Å². The van der Waals surface area contributed by atoms with E-state index in [1.165, 1.54) is 5.57 Å². The van der Waals surface area contributed by atoms with Crippen molar-refractivity contribution in [1.82, 2.24) is 35.1 Å². The quantitative estimate of drug-likeness (QED) is 0.338. The lowest BCUT2D eigenvalue weighted by Crippen LogP contribution is -2.54. The number of nitrogens with one attached hydrogen (secondary N) is 2. The lowest BCUT2D eigenvalue weighted by atomic mass is 9.86. The monoisotopic (exact) mass is 838 g/mol. The van der Waals surface area contributed by atoms with Crippen LogP contribution in [0.2, 0.25) is 0 Å². The number of likely N-dealkylation sites (tertiary alicyclic amines) is 1. The molecule has 0 saturated carbocycles. The molecule has 1 atom stereocenters. The summed E-state index contributed by atoms with van der Waals surface area (Å²) >= 11 is 0. The lowest BCUT2D eigenvalue weighted by Gasteiger charge is -2.38. The molecule has 0 aromatic heterocycles. The number of piperidine rings is 2. The van der Waals surface area contributed by atoms with Crippen molar-refractivity contribution >= 4 is 40.9 Å². The van der Waals surface area contributed by atoms with Crippen LogP contribution in [-0.4, -0.2) is 167 Å². The van der Waals surface area contributed by atoms with Gasteiger partial charge in [-0.15, -0.1) is 0 Å². The van der Waals surface area contributed by atoms with Crippen LogP contribution in [0.3, 0.4) is 0 Å². The fourth-order valence-corrected chi connectivity index (χ4v) is 9.73. The van der Waals surface area contributed by atoms with Crippen LogP contribution in [0.4, 0.5) is 10.5 Å². The van der Waals surface area contributed by atoms with Gasteiger partial charge in [0, 0.05) is 95.9 Å². The minimum atomic E-state index is -0.970. The van der Waals surface area contributed by atoms with Crippen molar-refractivity contribution in [2.45, 2.75) is 44.6 Å². The summed E-state index contributed by atoms with van der Waals surface area (Å²) in [6.45, 7) is 9.54. The number of nitrogens with zero attached hydrogens (tertiary/aromatic N) is 6. The molecule has 0 radical (unpaired) electrons. The van der Waals surface area contributed by atoms with E-state index in [0.29, 0.717) is 43.5 Å². The Balaban J connectivity index is 0.838. The Kier molecular flexibility index (Phi) is 12.6. The van der Waals surface area contributed by atoms with Crippen LogP contribution in [0.25, 0.3) is 5.57 Å². The van der Waals surface area contributed by atoms with E-state index in [-0.39, 0.29) is 24.8 Å². The smallest absolute Gasteiger partial charge is 0.317 e. The first-order valence-corrected chi connectivity index (χ1v) is 21.5. The standard InChI is InChI=1S/C45H58N8O8/c1-46-45(58)52-14-11-33-31(25-52)27-61-28-48(2)26-37(33)30-22-39(59-3)36(40(23-30)60-4)21-29-9-12-49(13-10-29)15-16-50-17-19-51(20-18-50)32-5-6-34-35(24-32)44(57)53(43(34)56)38-7-8-41(54)47-42(38)55/h5-6,22-24,26,29,38H,7-21,25,27-28H2,1-4H3,(H,46,58)(H,47,54,55)/b37-26-. The van der Waals surface area contributed by atoms with Crippen molar-refractivity contribution in [3.8, 4) is 11.5 Å². The molecule has 3 saturated heterocycles. The van der Waals surface area contributed by atoms with Gasteiger partial charge in [0.25, 0.3) is 11.8 Å². The molecule has 2 N–H and O–H groups in total. The predicted molar refractivity (Wildman–Crippen MR) is 228 cm³/mol. The van der Waals surface area contributed by atoms with Crippen LogP contribution in [0.15, 0.2) is 47.7 Å². The van der Waals surface area contributed by atoms with Crippen LogP contribution < -0.4 is 25.0 Å². The summed E-state index contributed by atoms with van der Waals surface area (Å²) < 4.78 is 18.1.